The van der Waals surface area contributed by atoms with Crippen LogP contribution in [0.3, 0.4) is 0 Å². The van der Waals surface area contributed by atoms with Crippen molar-refractivity contribution in [3.05, 3.63) is 47.2 Å². The lowest BCUT2D eigenvalue weighted by Crippen LogP contribution is -2.48. The number of esters is 1. The maximum Gasteiger partial charge on any atom is 0.357 e. The summed E-state index contributed by atoms with van der Waals surface area (Å²) in [7, 11) is 0. The van der Waals surface area contributed by atoms with E-state index < -0.39 is 5.97 Å². The van der Waals surface area contributed by atoms with Gasteiger partial charge >= 0.3 is 5.97 Å². The number of aromatic nitrogens is 1. The van der Waals surface area contributed by atoms with E-state index in [1.165, 1.54) is 12.0 Å². The Bertz CT molecular complexity index is 1130. The SMILES string of the molecule is CCOC(=O)c1cc(-c2ccc(CN3CCN(C(C)C)CC3)cc2)c(C(=N)OC(C)C)c(NC2CCCCC2)n1. The molecule has 0 amide bonds. The van der Waals surface area contributed by atoms with E-state index in [-0.39, 0.29) is 30.3 Å². The number of rotatable bonds is 10. The van der Waals surface area contributed by atoms with Gasteiger partial charge in [-0.15, -0.1) is 0 Å². The predicted molar refractivity (Wildman–Crippen MR) is 161 cm³/mol. The number of hydrogen-bond donors (Lipinski definition) is 2. The molecule has 8 heteroatoms. The fraction of sp³-hybridized carbons (Fsp3) is 0.594. The monoisotopic (exact) mass is 549 g/mol. The van der Waals surface area contributed by atoms with E-state index >= 15 is 0 Å². The standard InChI is InChI=1S/C32H47N5O3/c1-6-39-32(38)28-20-27(25-14-12-24(13-15-25)21-36-16-18-37(19-17-36)22(2)3)29(30(33)40-23(4)5)31(35-28)34-26-10-8-7-9-11-26/h12-15,20,22-23,26,33H,6-11,16-19,21H2,1-5H3,(H,34,35). The number of pyridine rings is 1. The van der Waals surface area contributed by atoms with Gasteiger partial charge in [0.05, 0.1) is 18.3 Å². The zero-order chi connectivity index (χ0) is 28.6. The average Bonchev–Trinajstić information content (AvgIpc) is 2.93. The summed E-state index contributed by atoms with van der Waals surface area (Å²) in [5.41, 5.74) is 3.74. The zero-order valence-electron chi connectivity index (χ0n) is 25.0. The molecule has 1 saturated heterocycles. The van der Waals surface area contributed by atoms with Gasteiger partial charge in [0, 0.05) is 50.4 Å². The van der Waals surface area contributed by atoms with Crippen molar-refractivity contribution < 1.29 is 14.3 Å². The number of piperazine rings is 1. The molecule has 0 spiro atoms. The molecular weight excluding hydrogens is 502 g/mol. The van der Waals surface area contributed by atoms with Crippen molar-refractivity contribution in [1.29, 1.82) is 5.41 Å². The third kappa shape index (κ3) is 7.82. The molecule has 2 fully saturated rings. The molecule has 1 aliphatic heterocycles. The van der Waals surface area contributed by atoms with Crippen molar-refractivity contribution in [3.8, 4) is 11.1 Å². The lowest BCUT2D eigenvalue weighted by Gasteiger charge is -2.36. The molecule has 0 radical (unpaired) electrons. The molecule has 1 aliphatic carbocycles. The number of benzene rings is 1. The molecule has 218 valence electrons. The molecule has 1 aromatic heterocycles. The molecule has 1 aromatic carbocycles. The number of carbonyl (C=O) groups excluding carboxylic acids is 1. The van der Waals surface area contributed by atoms with Crippen LogP contribution in [0.2, 0.25) is 0 Å². The number of carbonyl (C=O) groups is 1. The van der Waals surface area contributed by atoms with Gasteiger partial charge in [-0.25, -0.2) is 9.78 Å². The van der Waals surface area contributed by atoms with Gasteiger partial charge in [-0.05, 0) is 64.7 Å². The third-order valence-corrected chi connectivity index (χ3v) is 7.84. The first-order valence-electron chi connectivity index (χ1n) is 15.0. The van der Waals surface area contributed by atoms with Gasteiger partial charge in [-0.2, -0.15) is 0 Å². The van der Waals surface area contributed by atoms with E-state index in [0.29, 0.717) is 17.4 Å². The predicted octanol–water partition coefficient (Wildman–Crippen LogP) is 5.95. The molecule has 4 rings (SSSR count). The Morgan fingerprint density at radius 3 is 2.33 bits per heavy atom. The summed E-state index contributed by atoms with van der Waals surface area (Å²) >= 11 is 0. The molecule has 2 heterocycles. The van der Waals surface area contributed by atoms with Crippen molar-refractivity contribution in [3.63, 3.8) is 0 Å². The first-order valence-corrected chi connectivity index (χ1v) is 15.0. The highest BCUT2D eigenvalue weighted by molar-refractivity contribution is 6.05. The maximum atomic E-state index is 12.9. The molecule has 8 nitrogen and oxygen atoms in total. The van der Waals surface area contributed by atoms with Gasteiger partial charge in [0.25, 0.3) is 0 Å². The van der Waals surface area contributed by atoms with Gasteiger partial charge in [0.1, 0.15) is 5.82 Å². The molecule has 2 N–H and O–H groups in total. The van der Waals surface area contributed by atoms with Crippen LogP contribution in [-0.4, -0.2) is 77.6 Å². The summed E-state index contributed by atoms with van der Waals surface area (Å²) in [5.74, 6) is 0.110. The van der Waals surface area contributed by atoms with E-state index in [4.69, 9.17) is 19.9 Å². The second-order valence-corrected chi connectivity index (χ2v) is 11.6. The van der Waals surface area contributed by atoms with Crippen LogP contribution < -0.4 is 5.32 Å². The summed E-state index contributed by atoms with van der Waals surface area (Å²) in [4.78, 5) is 22.6. The van der Waals surface area contributed by atoms with Crippen LogP contribution in [-0.2, 0) is 16.0 Å². The average molecular weight is 550 g/mol. The molecule has 0 bridgehead atoms. The number of anilines is 1. The van der Waals surface area contributed by atoms with Crippen LogP contribution in [0.5, 0.6) is 0 Å². The lowest BCUT2D eigenvalue weighted by molar-refractivity contribution is 0.0519. The minimum absolute atomic E-state index is 0.0540. The molecular formula is C32H47N5O3. The highest BCUT2D eigenvalue weighted by Gasteiger charge is 2.26. The highest BCUT2D eigenvalue weighted by atomic mass is 16.5. The van der Waals surface area contributed by atoms with Crippen molar-refractivity contribution in [2.45, 2.75) is 91.5 Å². The third-order valence-electron chi connectivity index (χ3n) is 7.84. The largest absolute Gasteiger partial charge is 0.475 e. The van der Waals surface area contributed by atoms with Crippen LogP contribution in [0.4, 0.5) is 5.82 Å². The van der Waals surface area contributed by atoms with Crippen molar-refractivity contribution in [2.24, 2.45) is 0 Å². The van der Waals surface area contributed by atoms with E-state index in [9.17, 15) is 4.79 Å². The van der Waals surface area contributed by atoms with Crippen LogP contribution in [0, 0.1) is 5.41 Å². The van der Waals surface area contributed by atoms with Gasteiger partial charge in [0.2, 0.25) is 5.90 Å². The van der Waals surface area contributed by atoms with Gasteiger partial charge in [-0.1, -0.05) is 43.5 Å². The smallest absolute Gasteiger partial charge is 0.357 e. The van der Waals surface area contributed by atoms with Gasteiger partial charge in [0.15, 0.2) is 5.69 Å². The second-order valence-electron chi connectivity index (χ2n) is 11.6. The summed E-state index contributed by atoms with van der Waals surface area (Å²) in [6.45, 7) is 15.7. The normalized spacial score (nSPS) is 17.3. The van der Waals surface area contributed by atoms with E-state index in [2.05, 4.69) is 53.2 Å². The van der Waals surface area contributed by atoms with Crippen molar-refractivity contribution in [2.75, 3.05) is 38.1 Å². The maximum absolute atomic E-state index is 12.9. The van der Waals surface area contributed by atoms with Gasteiger partial charge in [-0.3, -0.25) is 15.2 Å². The molecule has 0 unspecified atom stereocenters. The van der Waals surface area contributed by atoms with Gasteiger partial charge < -0.3 is 14.8 Å². The number of hydrogen-bond acceptors (Lipinski definition) is 8. The van der Waals surface area contributed by atoms with Crippen LogP contribution >= 0.6 is 0 Å². The summed E-state index contributed by atoms with van der Waals surface area (Å²) < 4.78 is 11.2. The van der Waals surface area contributed by atoms with E-state index in [1.807, 2.05) is 13.8 Å². The first kappa shape index (κ1) is 30.0. The Labute approximate surface area is 240 Å². The Balaban J connectivity index is 1.66. The zero-order valence-corrected chi connectivity index (χ0v) is 25.0. The molecule has 0 atom stereocenters. The molecule has 1 saturated carbocycles. The first-order chi connectivity index (χ1) is 19.2. The Kier molecular flexibility index (Phi) is 10.6. The number of nitrogens with one attached hydrogen (secondary N) is 2. The second kappa shape index (κ2) is 14.1. The Hall–Kier alpha value is -2.97. The van der Waals surface area contributed by atoms with E-state index in [1.54, 1.807) is 13.0 Å². The fourth-order valence-electron chi connectivity index (χ4n) is 5.64. The number of nitrogens with zero attached hydrogens (tertiary/aromatic N) is 3. The topological polar surface area (TPSA) is 90.8 Å². The number of ether oxygens (including phenoxy) is 2. The molecule has 2 aliphatic rings. The molecule has 2 aromatic rings. The lowest BCUT2D eigenvalue weighted by atomic mass is 9.94. The molecule has 40 heavy (non-hydrogen) atoms. The van der Waals surface area contributed by atoms with Crippen LogP contribution in [0.15, 0.2) is 30.3 Å². The van der Waals surface area contributed by atoms with E-state index in [0.717, 1.165) is 69.5 Å². The summed E-state index contributed by atoms with van der Waals surface area (Å²) in [5, 5.41) is 12.5. The van der Waals surface area contributed by atoms with Crippen LogP contribution in [0.25, 0.3) is 11.1 Å². The Morgan fingerprint density at radius 1 is 1.05 bits per heavy atom. The minimum atomic E-state index is -0.463. The highest BCUT2D eigenvalue weighted by Crippen LogP contribution is 2.33. The Morgan fingerprint density at radius 2 is 1.73 bits per heavy atom. The quantitative estimate of drug-likeness (QED) is 0.215. The van der Waals surface area contributed by atoms with Crippen molar-refractivity contribution >= 4 is 17.7 Å². The van der Waals surface area contributed by atoms with Crippen molar-refractivity contribution in [1.82, 2.24) is 14.8 Å². The van der Waals surface area contributed by atoms with Crippen LogP contribution in [0.1, 0.15) is 88.3 Å². The minimum Gasteiger partial charge on any atom is -0.475 e. The fourth-order valence-corrected chi connectivity index (χ4v) is 5.64. The summed E-state index contributed by atoms with van der Waals surface area (Å²) in [6, 6.07) is 11.1. The summed E-state index contributed by atoms with van der Waals surface area (Å²) in [6.07, 6.45) is 5.47.